The first-order chi connectivity index (χ1) is 14.0. The largest absolute Gasteiger partial charge is 0.488 e. The highest BCUT2D eigenvalue weighted by molar-refractivity contribution is 8.18. The molecule has 0 spiro atoms. The van der Waals surface area contributed by atoms with E-state index in [1.165, 1.54) is 0 Å². The van der Waals surface area contributed by atoms with E-state index in [0.717, 1.165) is 22.2 Å². The van der Waals surface area contributed by atoms with E-state index in [-0.39, 0.29) is 18.1 Å². The zero-order valence-corrected chi connectivity index (χ0v) is 17.2. The zero-order chi connectivity index (χ0) is 20.8. The van der Waals surface area contributed by atoms with Gasteiger partial charge in [-0.15, -0.1) is 0 Å². The number of halogens is 1. The average molecular weight is 432 g/mol. The van der Waals surface area contributed by atoms with Crippen LogP contribution in [0.1, 0.15) is 18.1 Å². The number of amides is 2. The standard InChI is InChI=1S/C21H18ClNO5S/c1-2-27-19(24)12-23-20(25)18(29-21(23)26)11-14-7-4-6-10-17(14)28-13-15-8-3-5-9-16(15)22/h3-11H,2,12-13H2,1H3/b18-11+. The summed E-state index contributed by atoms with van der Waals surface area (Å²) >= 11 is 6.94. The molecule has 29 heavy (non-hydrogen) atoms. The van der Waals surface area contributed by atoms with Crippen LogP contribution in [0.15, 0.2) is 53.4 Å². The van der Waals surface area contributed by atoms with Gasteiger partial charge in [0.2, 0.25) is 0 Å². The Morgan fingerprint density at radius 2 is 1.86 bits per heavy atom. The third-order valence-corrected chi connectivity index (χ3v) is 5.29. The molecule has 0 radical (unpaired) electrons. The summed E-state index contributed by atoms with van der Waals surface area (Å²) in [5, 5.41) is 0.0915. The van der Waals surface area contributed by atoms with Crippen LogP contribution >= 0.6 is 23.4 Å². The molecule has 2 amide bonds. The average Bonchev–Trinajstić information content (AvgIpc) is 2.96. The summed E-state index contributed by atoms with van der Waals surface area (Å²) in [6, 6.07) is 14.5. The normalized spacial score (nSPS) is 15.1. The van der Waals surface area contributed by atoms with Crippen LogP contribution in [0, 0.1) is 0 Å². The molecule has 0 atom stereocenters. The number of nitrogens with zero attached hydrogens (tertiary/aromatic N) is 1. The van der Waals surface area contributed by atoms with Gasteiger partial charge in [0.05, 0.1) is 11.5 Å². The van der Waals surface area contributed by atoms with E-state index in [0.29, 0.717) is 16.3 Å². The van der Waals surface area contributed by atoms with Gasteiger partial charge in [-0.3, -0.25) is 19.3 Å². The summed E-state index contributed by atoms with van der Waals surface area (Å²) in [6.45, 7) is 1.70. The van der Waals surface area contributed by atoms with Gasteiger partial charge in [0, 0.05) is 16.1 Å². The van der Waals surface area contributed by atoms with Gasteiger partial charge in [0.1, 0.15) is 18.9 Å². The first-order valence-corrected chi connectivity index (χ1v) is 10.0. The molecule has 150 valence electrons. The number of ether oxygens (including phenoxy) is 2. The van der Waals surface area contributed by atoms with Crippen molar-refractivity contribution < 1.29 is 23.9 Å². The number of para-hydroxylation sites is 1. The number of thioether (sulfide) groups is 1. The Morgan fingerprint density at radius 3 is 2.62 bits per heavy atom. The lowest BCUT2D eigenvalue weighted by Crippen LogP contribution is -2.34. The third kappa shape index (κ3) is 5.19. The van der Waals surface area contributed by atoms with Crippen molar-refractivity contribution in [3.8, 4) is 5.75 Å². The quantitative estimate of drug-likeness (QED) is 0.474. The number of hydrogen-bond acceptors (Lipinski definition) is 6. The zero-order valence-electron chi connectivity index (χ0n) is 15.6. The van der Waals surface area contributed by atoms with E-state index in [2.05, 4.69) is 0 Å². The van der Waals surface area contributed by atoms with Crippen molar-refractivity contribution >= 4 is 46.6 Å². The Bertz CT molecular complexity index is 975. The van der Waals surface area contributed by atoms with Gasteiger partial charge in [-0.05, 0) is 36.9 Å². The molecule has 0 saturated carbocycles. The third-order valence-electron chi connectivity index (χ3n) is 4.01. The molecule has 0 N–H and O–H groups in total. The van der Waals surface area contributed by atoms with Gasteiger partial charge in [-0.2, -0.15) is 0 Å². The summed E-state index contributed by atoms with van der Waals surface area (Å²) < 4.78 is 10.7. The fraction of sp³-hybridized carbons (Fsp3) is 0.190. The number of carbonyl (C=O) groups excluding carboxylic acids is 3. The SMILES string of the molecule is CCOC(=O)CN1C(=O)S/C(=C/c2ccccc2OCc2ccccc2Cl)C1=O. The molecule has 3 rings (SSSR count). The molecule has 1 aliphatic heterocycles. The topological polar surface area (TPSA) is 72.9 Å². The molecule has 2 aromatic carbocycles. The molecule has 0 aliphatic carbocycles. The molecule has 1 heterocycles. The monoisotopic (exact) mass is 431 g/mol. The van der Waals surface area contributed by atoms with Gasteiger partial charge in [0.25, 0.3) is 11.1 Å². The van der Waals surface area contributed by atoms with Crippen molar-refractivity contribution in [2.45, 2.75) is 13.5 Å². The van der Waals surface area contributed by atoms with Gasteiger partial charge in [-0.25, -0.2) is 0 Å². The minimum atomic E-state index is -0.625. The second-order valence-electron chi connectivity index (χ2n) is 5.99. The Balaban J connectivity index is 1.77. The van der Waals surface area contributed by atoms with Crippen molar-refractivity contribution in [1.29, 1.82) is 0 Å². The minimum absolute atomic E-state index is 0.182. The predicted octanol–water partition coefficient (Wildman–Crippen LogP) is 4.52. The summed E-state index contributed by atoms with van der Waals surface area (Å²) in [7, 11) is 0. The van der Waals surface area contributed by atoms with E-state index in [1.807, 2.05) is 24.3 Å². The lowest BCUT2D eigenvalue weighted by atomic mass is 10.1. The lowest BCUT2D eigenvalue weighted by molar-refractivity contribution is -0.145. The van der Waals surface area contributed by atoms with Gasteiger partial charge < -0.3 is 9.47 Å². The van der Waals surface area contributed by atoms with E-state index in [4.69, 9.17) is 21.1 Å². The number of imide groups is 1. The van der Waals surface area contributed by atoms with Gasteiger partial charge in [-0.1, -0.05) is 48.0 Å². The molecule has 6 nitrogen and oxygen atoms in total. The Labute approximate surface area is 177 Å². The Morgan fingerprint density at radius 1 is 1.14 bits per heavy atom. The van der Waals surface area contributed by atoms with Crippen molar-refractivity contribution in [3.63, 3.8) is 0 Å². The van der Waals surface area contributed by atoms with Gasteiger partial charge >= 0.3 is 5.97 Å². The maximum absolute atomic E-state index is 12.5. The van der Waals surface area contributed by atoms with E-state index >= 15 is 0 Å². The van der Waals surface area contributed by atoms with Crippen LogP contribution in [0.3, 0.4) is 0 Å². The van der Waals surface area contributed by atoms with E-state index in [1.54, 1.807) is 37.3 Å². The molecule has 8 heteroatoms. The lowest BCUT2D eigenvalue weighted by Gasteiger charge is -2.11. The molecular formula is C21H18ClNO5S. The van der Waals surface area contributed by atoms with Gasteiger partial charge in [0.15, 0.2) is 0 Å². The van der Waals surface area contributed by atoms with Crippen LogP contribution < -0.4 is 4.74 Å². The number of benzene rings is 2. The minimum Gasteiger partial charge on any atom is -0.488 e. The van der Waals surface area contributed by atoms with Crippen LogP contribution in [0.2, 0.25) is 5.02 Å². The molecule has 1 aliphatic rings. The smallest absolute Gasteiger partial charge is 0.326 e. The summed E-state index contributed by atoms with van der Waals surface area (Å²) in [5.74, 6) is -0.613. The first kappa shape index (κ1) is 21.0. The van der Waals surface area contributed by atoms with Crippen molar-refractivity contribution in [2.75, 3.05) is 13.2 Å². The first-order valence-electron chi connectivity index (χ1n) is 8.85. The molecular weight excluding hydrogens is 414 g/mol. The number of carbonyl (C=O) groups is 3. The second kappa shape index (κ2) is 9.62. The van der Waals surface area contributed by atoms with E-state index in [9.17, 15) is 14.4 Å². The van der Waals surface area contributed by atoms with Crippen LogP contribution in [-0.4, -0.2) is 35.2 Å². The van der Waals surface area contributed by atoms with Crippen molar-refractivity contribution in [1.82, 2.24) is 4.90 Å². The van der Waals surface area contributed by atoms with Crippen LogP contribution in [-0.2, 0) is 20.9 Å². The summed E-state index contributed by atoms with van der Waals surface area (Å²) in [5.41, 5.74) is 1.47. The molecule has 0 unspecified atom stereocenters. The highest BCUT2D eigenvalue weighted by Gasteiger charge is 2.36. The van der Waals surface area contributed by atoms with Crippen molar-refractivity contribution in [3.05, 3.63) is 69.6 Å². The molecule has 0 bridgehead atoms. The summed E-state index contributed by atoms with van der Waals surface area (Å²) in [6.07, 6.45) is 1.58. The van der Waals surface area contributed by atoms with Crippen molar-refractivity contribution in [2.24, 2.45) is 0 Å². The number of hydrogen-bond donors (Lipinski definition) is 0. The highest BCUT2D eigenvalue weighted by atomic mass is 35.5. The predicted molar refractivity (Wildman–Crippen MR) is 112 cm³/mol. The van der Waals surface area contributed by atoms with E-state index < -0.39 is 23.7 Å². The fourth-order valence-corrected chi connectivity index (χ4v) is 3.63. The maximum atomic E-state index is 12.5. The van der Waals surface area contributed by atoms with Crippen LogP contribution in [0.25, 0.3) is 6.08 Å². The molecule has 1 fully saturated rings. The highest BCUT2D eigenvalue weighted by Crippen LogP contribution is 2.34. The Kier molecular flexibility index (Phi) is 6.95. The second-order valence-corrected chi connectivity index (χ2v) is 7.39. The number of esters is 1. The summed E-state index contributed by atoms with van der Waals surface area (Å²) in [4.78, 5) is 37.4. The molecule has 1 saturated heterocycles. The Hall–Kier alpha value is -2.77. The molecule has 2 aromatic rings. The maximum Gasteiger partial charge on any atom is 0.326 e. The number of rotatable bonds is 7. The van der Waals surface area contributed by atoms with Crippen LogP contribution in [0.4, 0.5) is 4.79 Å². The van der Waals surface area contributed by atoms with Crippen LogP contribution in [0.5, 0.6) is 5.75 Å². The molecule has 0 aromatic heterocycles. The fourth-order valence-electron chi connectivity index (χ4n) is 2.62.